The van der Waals surface area contributed by atoms with Gasteiger partial charge in [-0.05, 0) is 0 Å². The van der Waals surface area contributed by atoms with E-state index in [2.05, 4.69) is 31.2 Å². The van der Waals surface area contributed by atoms with E-state index in [1.807, 2.05) is 0 Å². The van der Waals surface area contributed by atoms with Crippen LogP contribution >= 0.6 is 8.92 Å². The zero-order valence-electron chi connectivity index (χ0n) is 13.4. The molecule has 1 aromatic carbocycles. The Morgan fingerprint density at radius 2 is 1.19 bits per heavy atom. The third-order valence-electron chi connectivity index (χ3n) is 5.89. The van der Waals surface area contributed by atoms with Gasteiger partial charge in [0.15, 0.2) is 0 Å². The molecule has 0 saturated heterocycles. The zero-order chi connectivity index (χ0) is 14.7. The van der Waals surface area contributed by atoms with Crippen LogP contribution in [0.5, 0.6) is 0 Å². The Bertz CT molecular complexity index is 423. The van der Waals surface area contributed by atoms with Crippen molar-refractivity contribution >= 4 is 29.8 Å². The Labute approximate surface area is 138 Å². The van der Waals surface area contributed by atoms with Crippen molar-refractivity contribution < 1.29 is 0 Å². The van der Waals surface area contributed by atoms with Crippen LogP contribution in [0, 0.1) is 6.92 Å². The first kappa shape index (κ1) is 16.2. The quantitative estimate of drug-likeness (QED) is 0.531. The van der Waals surface area contributed by atoms with E-state index in [-0.39, 0.29) is 0 Å². The van der Waals surface area contributed by atoms with Crippen molar-refractivity contribution in [3.63, 3.8) is 0 Å². The summed E-state index contributed by atoms with van der Waals surface area (Å²) in [6.45, 7) is 2.19. The molecule has 3 rings (SSSR count). The number of benzene rings is 1. The van der Waals surface area contributed by atoms with Gasteiger partial charge in [0.25, 0.3) is 0 Å². The van der Waals surface area contributed by atoms with E-state index in [1.54, 1.807) is 3.58 Å². The molecule has 0 radical (unpaired) electrons. The van der Waals surface area contributed by atoms with Crippen LogP contribution in [-0.2, 0) is 0 Å². The van der Waals surface area contributed by atoms with E-state index in [0.717, 1.165) is 7.87 Å². The van der Waals surface area contributed by atoms with Crippen molar-refractivity contribution in [2.24, 2.45) is 0 Å². The first-order chi connectivity index (χ1) is 10.2. The topological polar surface area (TPSA) is 0 Å². The van der Waals surface area contributed by atoms with Crippen LogP contribution in [0.1, 0.15) is 69.8 Å². The minimum atomic E-state index is -2.78. The van der Waals surface area contributed by atoms with E-state index in [0.29, 0.717) is 0 Å². The number of hydrogen-bond donors (Lipinski definition) is 0. The zero-order valence-corrected chi connectivity index (χ0v) is 17.0. The summed E-state index contributed by atoms with van der Waals surface area (Å²) in [5.41, 5.74) is 1.37. The average Bonchev–Trinajstić information content (AvgIpc) is 2.56. The van der Waals surface area contributed by atoms with Crippen LogP contribution < -0.4 is 3.58 Å². The van der Waals surface area contributed by atoms with Crippen molar-refractivity contribution in [2.45, 2.75) is 79.0 Å². The van der Waals surface area contributed by atoms with Crippen LogP contribution in [0.15, 0.2) is 24.3 Å². The Kier molecular flexibility index (Phi) is 5.59. The summed E-state index contributed by atoms with van der Waals surface area (Å²) in [5, 5.41) is 0. The van der Waals surface area contributed by atoms with Gasteiger partial charge in [-0.3, -0.25) is 0 Å². The first-order valence-corrected chi connectivity index (χ1v) is 17.3. The van der Waals surface area contributed by atoms with Crippen molar-refractivity contribution in [3.8, 4) is 0 Å². The molecule has 1 aromatic rings. The summed E-state index contributed by atoms with van der Waals surface area (Å²) in [6, 6.07) is 9.41. The van der Waals surface area contributed by atoms with Crippen molar-refractivity contribution in [2.75, 3.05) is 0 Å². The molecule has 2 aliphatic rings. The molecule has 0 atom stereocenters. The summed E-state index contributed by atoms with van der Waals surface area (Å²) < 4.78 is 3.39. The first-order valence-electron chi connectivity index (χ1n) is 8.97. The normalized spacial score (nSPS) is 22.4. The summed E-state index contributed by atoms with van der Waals surface area (Å²) in [5.74, 6) is 0. The van der Waals surface area contributed by atoms with Gasteiger partial charge in [-0.25, -0.2) is 0 Å². The molecule has 2 saturated carbocycles. The maximum atomic E-state index is 7.68. The maximum absolute atomic E-state index is 7.68. The van der Waals surface area contributed by atoms with E-state index in [4.69, 9.17) is 8.92 Å². The summed E-state index contributed by atoms with van der Waals surface area (Å²) in [7, 11) is 7.68. The second-order valence-corrected chi connectivity index (χ2v) is 22.2. The minimum absolute atomic E-state index is 0.889. The molecular formula is C19H29ClSn. The standard InChI is InChI=1S/C7H7.2C6H11.ClH.Sn/c1-7-5-3-2-4-6-7;2*1-2-4-6-5-3-1;;/h3-6H,1H3;2*1H,2-6H2;1H;/q;;;;+1/p-1. The number of aryl methyl sites for hydroxylation is 1. The average molecular weight is 412 g/mol. The molecule has 0 spiro atoms. The fourth-order valence-electron chi connectivity index (χ4n) is 4.66. The fraction of sp³-hybridized carbons (Fsp3) is 0.684. The molecule has 116 valence electrons. The molecule has 21 heavy (non-hydrogen) atoms. The van der Waals surface area contributed by atoms with Gasteiger partial charge in [0.2, 0.25) is 0 Å². The van der Waals surface area contributed by atoms with E-state index >= 15 is 0 Å². The molecule has 0 unspecified atom stereocenters. The van der Waals surface area contributed by atoms with Gasteiger partial charge in [0, 0.05) is 0 Å². The van der Waals surface area contributed by atoms with Gasteiger partial charge >= 0.3 is 139 Å². The van der Waals surface area contributed by atoms with Crippen molar-refractivity contribution in [1.82, 2.24) is 0 Å². The SMILES string of the molecule is Cc1cc[c]([Sn]([Cl])([CH]2CCCCC2)[CH]2CCCCC2)cc1. The van der Waals surface area contributed by atoms with Gasteiger partial charge in [0.1, 0.15) is 0 Å². The van der Waals surface area contributed by atoms with Crippen LogP contribution in [0.3, 0.4) is 0 Å². The molecule has 0 nitrogen and oxygen atoms in total. The third kappa shape index (κ3) is 3.47. The monoisotopic (exact) mass is 412 g/mol. The van der Waals surface area contributed by atoms with E-state index in [1.165, 1.54) is 69.8 Å². The number of halogens is 1. The van der Waals surface area contributed by atoms with Gasteiger partial charge in [-0.1, -0.05) is 0 Å². The molecule has 2 fully saturated rings. The Morgan fingerprint density at radius 1 is 0.762 bits per heavy atom. The second kappa shape index (κ2) is 7.25. The number of rotatable bonds is 3. The van der Waals surface area contributed by atoms with Crippen molar-refractivity contribution in [1.29, 1.82) is 0 Å². The molecule has 0 aromatic heterocycles. The predicted octanol–water partition coefficient (Wildman–Crippen LogP) is 6.05. The Hall–Kier alpha value is 0.309. The molecule has 0 amide bonds. The second-order valence-electron chi connectivity index (χ2n) is 7.30. The molecule has 2 heteroatoms. The Balaban J connectivity index is 1.93. The van der Waals surface area contributed by atoms with Crippen LogP contribution in [-0.4, -0.2) is 17.3 Å². The van der Waals surface area contributed by atoms with Crippen LogP contribution in [0.4, 0.5) is 0 Å². The fourth-order valence-corrected chi connectivity index (χ4v) is 22.1. The molecule has 0 aliphatic heterocycles. The summed E-state index contributed by atoms with van der Waals surface area (Å²) in [4.78, 5) is 0. The van der Waals surface area contributed by atoms with E-state index < -0.39 is 17.3 Å². The molecule has 0 bridgehead atoms. The predicted molar refractivity (Wildman–Crippen MR) is 96.1 cm³/mol. The van der Waals surface area contributed by atoms with Gasteiger partial charge in [-0.15, -0.1) is 0 Å². The van der Waals surface area contributed by atoms with Gasteiger partial charge in [0.05, 0.1) is 0 Å². The third-order valence-corrected chi connectivity index (χ3v) is 25.1. The molecule has 2 aliphatic carbocycles. The molecule has 0 heterocycles. The summed E-state index contributed by atoms with van der Waals surface area (Å²) >= 11 is -2.78. The van der Waals surface area contributed by atoms with E-state index in [9.17, 15) is 0 Å². The molecular weight excluding hydrogens is 382 g/mol. The van der Waals surface area contributed by atoms with Crippen molar-refractivity contribution in [3.05, 3.63) is 29.8 Å². The van der Waals surface area contributed by atoms with Crippen LogP contribution in [0.2, 0.25) is 7.87 Å². The van der Waals surface area contributed by atoms with Crippen LogP contribution in [0.25, 0.3) is 0 Å². The number of hydrogen-bond acceptors (Lipinski definition) is 0. The summed E-state index contributed by atoms with van der Waals surface area (Å²) in [6.07, 6.45) is 14.3. The van der Waals surface area contributed by atoms with Gasteiger partial charge in [-0.2, -0.15) is 0 Å². The Morgan fingerprint density at radius 3 is 1.62 bits per heavy atom. The van der Waals surface area contributed by atoms with Gasteiger partial charge < -0.3 is 0 Å². The molecule has 0 N–H and O–H groups in total.